The van der Waals surface area contributed by atoms with Gasteiger partial charge in [0, 0.05) is 37.0 Å². The van der Waals surface area contributed by atoms with Crippen LogP contribution in [0.3, 0.4) is 0 Å². The van der Waals surface area contributed by atoms with E-state index in [1.807, 2.05) is 7.05 Å². The number of carbonyl (C=O) groups excluding carboxylic acids is 1. The lowest BCUT2D eigenvalue weighted by atomic mass is 9.62. The number of rotatable bonds is 2. The first kappa shape index (κ1) is 17.7. The maximum absolute atomic E-state index is 14.4. The smallest absolute Gasteiger partial charge is 0.237 e. The van der Waals surface area contributed by atoms with Crippen LogP contribution in [0.1, 0.15) is 36.2 Å². The molecule has 148 valence electrons. The molecule has 1 aromatic heterocycles. The zero-order valence-corrected chi connectivity index (χ0v) is 15.3. The summed E-state index contributed by atoms with van der Waals surface area (Å²) < 4.78 is 29.6. The van der Waals surface area contributed by atoms with Gasteiger partial charge in [-0.1, -0.05) is 12.1 Å². The molecule has 3 aliphatic rings. The zero-order valence-electron chi connectivity index (χ0n) is 15.3. The fraction of sp³-hybridized carbons (Fsp3) is 0.526. The minimum atomic E-state index is -1.02. The number of aryl methyl sites for hydroxylation is 1. The van der Waals surface area contributed by atoms with Crippen LogP contribution >= 0.6 is 0 Å². The number of hydrogen-bond donors (Lipinski definition) is 3. The summed E-state index contributed by atoms with van der Waals surface area (Å²) in [4.78, 5) is 16.9. The molecule has 0 radical (unpaired) electrons. The Morgan fingerprint density at radius 3 is 2.71 bits per heavy atom. The number of nitrogens with one attached hydrogen (secondary N) is 3. The van der Waals surface area contributed by atoms with Crippen molar-refractivity contribution in [1.29, 1.82) is 0 Å². The van der Waals surface area contributed by atoms with E-state index < -0.39 is 12.1 Å². The van der Waals surface area contributed by atoms with Gasteiger partial charge in [0.05, 0.1) is 5.92 Å². The van der Waals surface area contributed by atoms with Gasteiger partial charge < -0.3 is 5.32 Å². The maximum Gasteiger partial charge on any atom is 0.237 e. The van der Waals surface area contributed by atoms with Crippen molar-refractivity contribution in [2.24, 2.45) is 18.9 Å². The average molecular weight is 388 g/mol. The summed E-state index contributed by atoms with van der Waals surface area (Å²) in [5.74, 6) is -0.324. The van der Waals surface area contributed by atoms with Crippen LogP contribution in [0.4, 0.5) is 8.78 Å². The Morgan fingerprint density at radius 1 is 1.21 bits per heavy atom. The Balaban J connectivity index is 1.61. The van der Waals surface area contributed by atoms with Crippen molar-refractivity contribution < 1.29 is 13.6 Å². The number of halogens is 2. The van der Waals surface area contributed by atoms with Crippen LogP contribution in [-0.2, 0) is 11.8 Å². The van der Waals surface area contributed by atoms with Gasteiger partial charge in [-0.15, -0.1) is 0 Å². The summed E-state index contributed by atoms with van der Waals surface area (Å²) in [6.07, 6.45) is 1.07. The third-order valence-electron chi connectivity index (χ3n) is 6.48. The standard InChI is InChI=1S/C19H22F2N6O/c1-27-18(22-8-23-27)15-16(9-2-4-10(20)5-3-9)24-13-7-11(21)6-12-14(13)17(15)25-26-19(12)28/h2-5,8,11-17,24-25H,6-7H2,1H3,(H,26,28)/t11?,12?,13?,14?,15-,16-,17?/m1/s1. The second kappa shape index (κ2) is 6.59. The molecule has 2 aliphatic heterocycles. The molecule has 2 saturated heterocycles. The van der Waals surface area contributed by atoms with Gasteiger partial charge in [0.15, 0.2) is 0 Å². The SMILES string of the molecule is Cn1ncnc1[C@H]1C2NNC(=O)C3CC(F)CC(N[C@@H]1c1ccc(F)cc1)C32. The maximum atomic E-state index is 14.4. The summed E-state index contributed by atoms with van der Waals surface area (Å²) in [7, 11) is 1.83. The summed E-state index contributed by atoms with van der Waals surface area (Å²) in [6, 6.07) is 5.82. The van der Waals surface area contributed by atoms with Crippen LogP contribution in [0.15, 0.2) is 30.6 Å². The van der Waals surface area contributed by atoms with E-state index in [0.717, 1.165) is 11.4 Å². The molecule has 0 spiro atoms. The predicted molar refractivity (Wildman–Crippen MR) is 96.0 cm³/mol. The highest BCUT2D eigenvalue weighted by Crippen LogP contribution is 2.48. The van der Waals surface area contributed by atoms with E-state index in [1.54, 1.807) is 16.8 Å². The molecule has 1 saturated carbocycles. The highest BCUT2D eigenvalue weighted by molar-refractivity contribution is 5.80. The van der Waals surface area contributed by atoms with Crippen molar-refractivity contribution in [3.05, 3.63) is 47.8 Å². The quantitative estimate of drug-likeness (QED) is 0.718. The second-order valence-corrected chi connectivity index (χ2v) is 7.98. The fourth-order valence-electron chi connectivity index (χ4n) is 5.31. The third kappa shape index (κ3) is 2.72. The van der Waals surface area contributed by atoms with Gasteiger partial charge in [0.1, 0.15) is 24.1 Å². The van der Waals surface area contributed by atoms with E-state index in [9.17, 15) is 13.6 Å². The number of carbonyl (C=O) groups is 1. The number of amides is 1. The average Bonchev–Trinajstić information content (AvgIpc) is 3.10. The van der Waals surface area contributed by atoms with Crippen molar-refractivity contribution in [3.63, 3.8) is 0 Å². The Bertz CT molecular complexity index is 887. The topological polar surface area (TPSA) is 83.9 Å². The Labute approximate surface area is 160 Å². The lowest BCUT2D eigenvalue weighted by Crippen LogP contribution is -2.71. The first-order valence-corrected chi connectivity index (χ1v) is 9.58. The van der Waals surface area contributed by atoms with E-state index in [-0.39, 0.29) is 48.1 Å². The van der Waals surface area contributed by atoms with Gasteiger partial charge in [0.25, 0.3) is 0 Å². The summed E-state index contributed by atoms with van der Waals surface area (Å²) in [6.45, 7) is 0. The van der Waals surface area contributed by atoms with Crippen LogP contribution in [-0.4, -0.2) is 38.9 Å². The third-order valence-corrected chi connectivity index (χ3v) is 6.48. The lowest BCUT2D eigenvalue weighted by Gasteiger charge is -2.55. The molecule has 1 amide bonds. The van der Waals surface area contributed by atoms with Crippen molar-refractivity contribution in [2.75, 3.05) is 0 Å². The number of nitrogens with zero attached hydrogens (tertiary/aromatic N) is 3. The molecule has 0 bridgehead atoms. The number of hydrogen-bond acceptors (Lipinski definition) is 5. The first-order valence-electron chi connectivity index (χ1n) is 9.58. The van der Waals surface area contributed by atoms with Gasteiger partial charge in [-0.3, -0.25) is 14.9 Å². The number of alkyl halides is 1. The molecule has 3 N–H and O–H groups in total. The van der Waals surface area contributed by atoms with Crippen molar-refractivity contribution >= 4 is 5.91 Å². The van der Waals surface area contributed by atoms with E-state index >= 15 is 0 Å². The molecular weight excluding hydrogens is 366 g/mol. The van der Waals surface area contributed by atoms with Gasteiger partial charge >= 0.3 is 0 Å². The Hall–Kier alpha value is -2.39. The molecule has 7 atom stereocenters. The van der Waals surface area contributed by atoms with Gasteiger partial charge in [-0.25, -0.2) is 19.2 Å². The van der Waals surface area contributed by atoms with Gasteiger partial charge in [-0.2, -0.15) is 5.10 Å². The first-order chi connectivity index (χ1) is 13.5. The Kier molecular flexibility index (Phi) is 4.17. The predicted octanol–water partition coefficient (Wildman–Crippen LogP) is 1.12. The van der Waals surface area contributed by atoms with Crippen molar-refractivity contribution in [1.82, 2.24) is 30.9 Å². The van der Waals surface area contributed by atoms with Crippen molar-refractivity contribution in [3.8, 4) is 0 Å². The zero-order chi connectivity index (χ0) is 19.4. The molecule has 5 unspecified atom stereocenters. The number of hydrazine groups is 1. The van der Waals surface area contributed by atoms with E-state index in [0.29, 0.717) is 6.42 Å². The summed E-state index contributed by atoms with van der Waals surface area (Å²) in [5, 5.41) is 7.79. The lowest BCUT2D eigenvalue weighted by molar-refractivity contribution is -0.138. The molecule has 1 aromatic carbocycles. The fourth-order valence-corrected chi connectivity index (χ4v) is 5.31. The number of aromatic nitrogens is 3. The molecule has 28 heavy (non-hydrogen) atoms. The van der Waals surface area contributed by atoms with Crippen LogP contribution in [0, 0.1) is 17.7 Å². The van der Waals surface area contributed by atoms with Gasteiger partial charge in [-0.05, 0) is 30.5 Å². The molecule has 7 nitrogen and oxygen atoms in total. The largest absolute Gasteiger partial charge is 0.306 e. The van der Waals surface area contributed by atoms with Crippen LogP contribution < -0.4 is 16.2 Å². The van der Waals surface area contributed by atoms with Crippen LogP contribution in [0.25, 0.3) is 0 Å². The monoisotopic (exact) mass is 388 g/mol. The molecule has 9 heteroatoms. The Morgan fingerprint density at radius 2 is 2.00 bits per heavy atom. The summed E-state index contributed by atoms with van der Waals surface area (Å²) in [5.41, 5.74) is 6.82. The van der Waals surface area contributed by atoms with Gasteiger partial charge in [0.2, 0.25) is 5.91 Å². The molecule has 2 aromatic rings. The number of piperidine rings is 1. The van der Waals surface area contributed by atoms with E-state index in [4.69, 9.17) is 0 Å². The highest BCUT2D eigenvalue weighted by atomic mass is 19.1. The van der Waals surface area contributed by atoms with Crippen molar-refractivity contribution in [2.45, 2.75) is 43.1 Å². The second-order valence-electron chi connectivity index (χ2n) is 7.98. The minimum absolute atomic E-state index is 0.0563. The van der Waals surface area contributed by atoms with E-state index in [2.05, 4.69) is 26.3 Å². The molecule has 3 fully saturated rings. The normalized spacial score (nSPS) is 37.2. The highest BCUT2D eigenvalue weighted by Gasteiger charge is 2.56. The molecule has 3 heterocycles. The van der Waals surface area contributed by atoms with Crippen LogP contribution in [0.5, 0.6) is 0 Å². The molecule has 1 aliphatic carbocycles. The van der Waals surface area contributed by atoms with Crippen LogP contribution in [0.2, 0.25) is 0 Å². The number of benzene rings is 1. The summed E-state index contributed by atoms with van der Waals surface area (Å²) >= 11 is 0. The minimum Gasteiger partial charge on any atom is -0.306 e. The van der Waals surface area contributed by atoms with E-state index in [1.165, 1.54) is 18.5 Å². The molecule has 5 rings (SSSR count). The molecular formula is C19H22F2N6O.